The van der Waals surface area contributed by atoms with E-state index in [0.717, 1.165) is 5.56 Å². The van der Waals surface area contributed by atoms with Gasteiger partial charge in [0.25, 0.3) is 0 Å². The van der Waals surface area contributed by atoms with Crippen LogP contribution < -0.4 is 11.5 Å². The highest BCUT2D eigenvalue weighted by molar-refractivity contribution is 5.95. The van der Waals surface area contributed by atoms with Crippen LogP contribution in [0, 0.1) is 10.8 Å². The molecule has 0 bridgehead atoms. The molecular formula is C20H16N4O3. The Balaban J connectivity index is 1.59. The Kier molecular flexibility index (Phi) is 3.89. The summed E-state index contributed by atoms with van der Waals surface area (Å²) in [6.07, 6.45) is 0. The maximum absolute atomic E-state index is 7.44. The number of amidine groups is 2. The molecule has 0 aliphatic rings. The lowest BCUT2D eigenvalue weighted by Gasteiger charge is -2.00. The van der Waals surface area contributed by atoms with Crippen LogP contribution in [0.1, 0.15) is 11.3 Å². The molecule has 27 heavy (non-hydrogen) atoms. The van der Waals surface area contributed by atoms with Crippen molar-refractivity contribution in [2.24, 2.45) is 11.5 Å². The van der Waals surface area contributed by atoms with E-state index >= 15 is 0 Å². The Morgan fingerprint density at radius 3 is 1.56 bits per heavy atom. The zero-order valence-electron chi connectivity index (χ0n) is 14.2. The number of rotatable bonds is 5. The first-order chi connectivity index (χ1) is 13.0. The Morgan fingerprint density at radius 2 is 1.04 bits per heavy atom. The first-order valence-electron chi connectivity index (χ1n) is 8.11. The molecule has 0 saturated carbocycles. The third-order valence-corrected chi connectivity index (χ3v) is 4.05. The molecule has 0 aliphatic carbocycles. The van der Waals surface area contributed by atoms with Crippen LogP contribution in [0.5, 0.6) is 0 Å². The lowest BCUT2D eigenvalue weighted by Crippen LogP contribution is -2.10. The van der Waals surface area contributed by atoms with Crippen molar-refractivity contribution in [3.63, 3.8) is 0 Å². The minimum absolute atomic E-state index is 0.0238. The number of nitrogen functional groups attached to an aromatic ring is 2. The van der Waals surface area contributed by atoms with E-state index in [0.29, 0.717) is 34.4 Å². The van der Waals surface area contributed by atoms with Gasteiger partial charge in [0.1, 0.15) is 11.6 Å². The van der Waals surface area contributed by atoms with Crippen LogP contribution in [-0.2, 0) is 0 Å². The fourth-order valence-corrected chi connectivity index (χ4v) is 2.66. The van der Waals surface area contributed by atoms with Gasteiger partial charge < -0.3 is 24.7 Å². The van der Waals surface area contributed by atoms with E-state index in [2.05, 4.69) is 0 Å². The second-order valence-corrected chi connectivity index (χ2v) is 5.90. The van der Waals surface area contributed by atoms with Crippen LogP contribution in [0.25, 0.3) is 34.4 Å². The van der Waals surface area contributed by atoms with Crippen molar-refractivity contribution in [1.82, 2.24) is 0 Å². The predicted molar refractivity (Wildman–Crippen MR) is 102 cm³/mol. The molecule has 7 heteroatoms. The maximum Gasteiger partial charge on any atom is 0.170 e. The monoisotopic (exact) mass is 360 g/mol. The Morgan fingerprint density at radius 1 is 0.556 bits per heavy atom. The highest BCUT2D eigenvalue weighted by Gasteiger charge is 2.14. The Hall–Kier alpha value is -4.00. The van der Waals surface area contributed by atoms with Crippen molar-refractivity contribution in [3.8, 4) is 34.4 Å². The molecule has 0 spiro atoms. The smallest absolute Gasteiger partial charge is 0.170 e. The first-order valence-corrected chi connectivity index (χ1v) is 8.11. The molecule has 7 nitrogen and oxygen atoms in total. The summed E-state index contributed by atoms with van der Waals surface area (Å²) in [4.78, 5) is 0. The van der Waals surface area contributed by atoms with E-state index in [1.165, 1.54) is 0 Å². The van der Waals surface area contributed by atoms with Crippen LogP contribution in [0.2, 0.25) is 0 Å². The normalized spacial score (nSPS) is 10.8. The summed E-state index contributed by atoms with van der Waals surface area (Å²) in [6, 6.07) is 17.8. The molecule has 0 fully saturated rings. The van der Waals surface area contributed by atoms with E-state index in [-0.39, 0.29) is 17.4 Å². The summed E-state index contributed by atoms with van der Waals surface area (Å²) in [6.45, 7) is 0. The van der Waals surface area contributed by atoms with E-state index in [1.54, 1.807) is 36.4 Å². The summed E-state index contributed by atoms with van der Waals surface area (Å²) in [5, 5.41) is 14.8. The second-order valence-electron chi connectivity index (χ2n) is 5.90. The zero-order chi connectivity index (χ0) is 19.0. The van der Waals surface area contributed by atoms with Gasteiger partial charge in [-0.15, -0.1) is 0 Å². The lowest BCUT2D eigenvalue weighted by molar-refractivity contribution is 0.509. The van der Waals surface area contributed by atoms with Gasteiger partial charge >= 0.3 is 0 Å². The third-order valence-electron chi connectivity index (χ3n) is 4.05. The molecule has 3 aromatic heterocycles. The molecule has 0 unspecified atom stereocenters. The summed E-state index contributed by atoms with van der Waals surface area (Å²) < 4.78 is 17.2. The van der Waals surface area contributed by atoms with E-state index in [1.807, 2.05) is 24.3 Å². The Labute approximate surface area is 154 Å². The van der Waals surface area contributed by atoms with E-state index in [4.69, 9.17) is 35.5 Å². The van der Waals surface area contributed by atoms with Crippen molar-refractivity contribution in [1.29, 1.82) is 10.8 Å². The highest BCUT2D eigenvalue weighted by Crippen LogP contribution is 2.33. The van der Waals surface area contributed by atoms with Crippen molar-refractivity contribution in [2.45, 2.75) is 0 Å². The van der Waals surface area contributed by atoms with Gasteiger partial charge in [-0.2, -0.15) is 0 Å². The number of nitrogens with one attached hydrogen (secondary N) is 2. The maximum atomic E-state index is 7.44. The number of hydrogen-bond acceptors (Lipinski definition) is 5. The SMILES string of the molecule is N=C(N)c1ccc(-c2ccc(-c3ccc(-c4ccc(C(=N)N)o4)o3)o2)cc1. The quantitative estimate of drug-likeness (QED) is 0.314. The second kappa shape index (κ2) is 6.38. The molecule has 1 aromatic carbocycles. The van der Waals surface area contributed by atoms with Gasteiger partial charge in [-0.25, -0.2) is 0 Å². The molecule has 6 N–H and O–H groups in total. The number of nitrogens with two attached hydrogens (primary N) is 2. The minimum Gasteiger partial charge on any atom is -0.453 e. The third kappa shape index (κ3) is 3.13. The minimum atomic E-state index is -0.139. The van der Waals surface area contributed by atoms with Crippen LogP contribution in [0.4, 0.5) is 0 Å². The first kappa shape index (κ1) is 16.5. The average Bonchev–Trinajstić information content (AvgIpc) is 3.40. The van der Waals surface area contributed by atoms with Gasteiger partial charge in [0.15, 0.2) is 34.6 Å². The summed E-state index contributed by atoms with van der Waals surface area (Å²) >= 11 is 0. The molecule has 0 amide bonds. The van der Waals surface area contributed by atoms with Crippen LogP contribution in [0.15, 0.2) is 73.9 Å². The van der Waals surface area contributed by atoms with Crippen molar-refractivity contribution >= 4 is 11.7 Å². The van der Waals surface area contributed by atoms with Crippen molar-refractivity contribution in [2.75, 3.05) is 0 Å². The highest BCUT2D eigenvalue weighted by atomic mass is 16.4. The Bertz CT molecular complexity index is 1130. The van der Waals surface area contributed by atoms with Gasteiger partial charge in [-0.3, -0.25) is 10.8 Å². The van der Waals surface area contributed by atoms with E-state index < -0.39 is 0 Å². The van der Waals surface area contributed by atoms with Crippen LogP contribution in [0.3, 0.4) is 0 Å². The van der Waals surface area contributed by atoms with Crippen LogP contribution >= 0.6 is 0 Å². The van der Waals surface area contributed by atoms with Gasteiger partial charge in [0.05, 0.1) is 0 Å². The van der Waals surface area contributed by atoms with Gasteiger partial charge in [0.2, 0.25) is 0 Å². The summed E-state index contributed by atoms with van der Waals surface area (Å²) in [5.41, 5.74) is 12.4. The lowest BCUT2D eigenvalue weighted by atomic mass is 10.1. The number of benzene rings is 1. The van der Waals surface area contributed by atoms with Crippen molar-refractivity contribution in [3.05, 3.63) is 72.0 Å². The van der Waals surface area contributed by atoms with Gasteiger partial charge in [-0.05, 0) is 36.4 Å². The largest absolute Gasteiger partial charge is 0.453 e. The molecule has 4 rings (SSSR count). The fourth-order valence-electron chi connectivity index (χ4n) is 2.66. The molecule has 134 valence electrons. The van der Waals surface area contributed by atoms with Crippen molar-refractivity contribution < 1.29 is 13.3 Å². The van der Waals surface area contributed by atoms with E-state index in [9.17, 15) is 0 Å². The zero-order valence-corrected chi connectivity index (χ0v) is 14.2. The summed E-state index contributed by atoms with van der Waals surface area (Å²) in [5.74, 6) is 2.98. The number of hydrogen-bond donors (Lipinski definition) is 4. The molecule has 4 aromatic rings. The molecule has 3 heterocycles. The molecule has 0 radical (unpaired) electrons. The molecular weight excluding hydrogens is 344 g/mol. The molecule has 0 saturated heterocycles. The molecule has 0 aliphatic heterocycles. The van der Waals surface area contributed by atoms with Gasteiger partial charge in [-0.1, -0.05) is 24.3 Å². The standard InChI is InChI=1S/C20H16N4O3/c21-19(22)12-3-1-11(2-4-12)13-5-6-14(25-13)15-7-8-16(26-15)17-9-10-18(27-17)20(23)24/h1-10H,(H3,21,22)(H3,23,24). The molecule has 0 atom stereocenters. The predicted octanol–water partition coefficient (Wildman–Crippen LogP) is 4.03. The van der Waals surface area contributed by atoms with Crippen LogP contribution in [-0.4, -0.2) is 11.7 Å². The van der Waals surface area contributed by atoms with Gasteiger partial charge in [0, 0.05) is 11.1 Å². The number of furan rings is 3. The summed E-state index contributed by atoms with van der Waals surface area (Å²) in [7, 11) is 0. The fraction of sp³-hybridized carbons (Fsp3) is 0. The average molecular weight is 360 g/mol. The topological polar surface area (TPSA) is 139 Å².